The van der Waals surface area contributed by atoms with Crippen molar-refractivity contribution >= 4 is 41.2 Å². The van der Waals surface area contributed by atoms with E-state index in [1.807, 2.05) is 0 Å². The molecule has 0 N–H and O–H groups in total. The lowest BCUT2D eigenvalue weighted by Gasteiger charge is -2.17. The molecule has 1 fully saturated rings. The summed E-state index contributed by atoms with van der Waals surface area (Å²) in [6.45, 7) is 6.82. The van der Waals surface area contributed by atoms with Crippen LogP contribution in [0.4, 0.5) is 0 Å². The van der Waals surface area contributed by atoms with Gasteiger partial charge in [-0.15, -0.1) is 0 Å². The Kier molecular flexibility index (Phi) is 7.68. The third-order valence-electron chi connectivity index (χ3n) is 3.39. The number of hydrogen-bond acceptors (Lipinski definition) is 6. The summed E-state index contributed by atoms with van der Waals surface area (Å²) in [5.74, 6) is -1.36. The molecular formula is C19H22Cl2O6. The maximum absolute atomic E-state index is 12.3. The summed E-state index contributed by atoms with van der Waals surface area (Å²) in [6.07, 6.45) is -0.786. The molecule has 1 aromatic carbocycles. The molecule has 2 unspecified atom stereocenters. The number of carbonyl (C=O) groups excluding carboxylic acids is 2. The second-order valence-corrected chi connectivity index (χ2v) is 7.30. The molecule has 0 radical (unpaired) electrons. The van der Waals surface area contributed by atoms with Crippen molar-refractivity contribution in [3.8, 4) is 0 Å². The smallest absolute Gasteiger partial charge is 0.339 e. The Hall–Kier alpha value is -1.60. The molecule has 6 nitrogen and oxygen atoms in total. The fourth-order valence-electron chi connectivity index (χ4n) is 2.32. The number of esters is 2. The summed E-state index contributed by atoms with van der Waals surface area (Å²) in [4.78, 5) is 24.5. The molecule has 27 heavy (non-hydrogen) atoms. The molecule has 1 aliphatic heterocycles. The second-order valence-electron chi connectivity index (χ2n) is 6.49. The van der Waals surface area contributed by atoms with E-state index in [1.165, 1.54) is 0 Å². The molecule has 0 spiro atoms. The predicted octanol–water partition coefficient (Wildman–Crippen LogP) is 4.02. The molecule has 148 valence electrons. The van der Waals surface area contributed by atoms with Crippen molar-refractivity contribution in [2.45, 2.75) is 58.4 Å². The Labute approximate surface area is 168 Å². The highest BCUT2D eigenvalue weighted by atomic mass is 35.5. The first-order valence-corrected chi connectivity index (χ1v) is 9.28. The predicted molar refractivity (Wildman–Crippen MR) is 101 cm³/mol. The fourth-order valence-corrected chi connectivity index (χ4v) is 2.62. The van der Waals surface area contributed by atoms with Crippen molar-refractivity contribution in [1.29, 1.82) is 0 Å². The maximum Gasteiger partial charge on any atom is 0.339 e. The van der Waals surface area contributed by atoms with Gasteiger partial charge in [0.05, 0.1) is 22.3 Å². The van der Waals surface area contributed by atoms with Crippen molar-refractivity contribution in [1.82, 2.24) is 0 Å². The average Bonchev–Trinajstić information content (AvgIpc) is 2.99. The summed E-state index contributed by atoms with van der Waals surface area (Å²) >= 11 is 11.9. The molecule has 1 saturated heterocycles. The van der Waals surface area contributed by atoms with Gasteiger partial charge in [0, 0.05) is 0 Å². The number of hydrogen-bond donors (Lipinski definition) is 0. The van der Waals surface area contributed by atoms with Gasteiger partial charge in [-0.1, -0.05) is 35.3 Å². The first-order chi connectivity index (χ1) is 12.7. The van der Waals surface area contributed by atoms with Crippen LogP contribution in [0, 0.1) is 0 Å². The third-order valence-corrected chi connectivity index (χ3v) is 4.13. The van der Waals surface area contributed by atoms with Gasteiger partial charge >= 0.3 is 11.9 Å². The first kappa shape index (κ1) is 21.7. The van der Waals surface area contributed by atoms with Crippen LogP contribution in [0.5, 0.6) is 0 Å². The van der Waals surface area contributed by atoms with Gasteiger partial charge in [0.25, 0.3) is 0 Å². The van der Waals surface area contributed by atoms with E-state index in [1.54, 1.807) is 58.0 Å². The van der Waals surface area contributed by atoms with Crippen LogP contribution in [0.3, 0.4) is 0 Å². The van der Waals surface area contributed by atoms with Gasteiger partial charge in [0.1, 0.15) is 0 Å². The molecule has 0 amide bonds. The minimum absolute atomic E-state index is 0.353. The molecule has 1 aliphatic rings. The van der Waals surface area contributed by atoms with E-state index in [4.69, 9.17) is 42.1 Å². The van der Waals surface area contributed by atoms with E-state index in [9.17, 15) is 9.59 Å². The summed E-state index contributed by atoms with van der Waals surface area (Å²) in [5, 5.41) is 0.846. The molecule has 2 atom stereocenters. The minimum atomic E-state index is -1.21. The zero-order valence-corrected chi connectivity index (χ0v) is 17.0. The molecule has 0 aromatic heterocycles. The van der Waals surface area contributed by atoms with E-state index in [0.29, 0.717) is 10.0 Å². The van der Waals surface area contributed by atoms with E-state index >= 15 is 0 Å². The Balaban J connectivity index is 2.14. The Morgan fingerprint density at radius 2 is 1.48 bits per heavy atom. The van der Waals surface area contributed by atoms with E-state index < -0.39 is 30.4 Å². The summed E-state index contributed by atoms with van der Waals surface area (Å²) in [6, 6.07) is 5.09. The van der Waals surface area contributed by atoms with Crippen LogP contribution in [0.25, 0.3) is 6.08 Å². The SMILES string of the molecule is CC(C)OC(=O)C1OC(/C=C/c2ccc(Cl)c(Cl)c2)OC1C(=O)OC(C)C. The molecule has 0 bridgehead atoms. The van der Waals surface area contributed by atoms with Crippen molar-refractivity contribution in [3.05, 3.63) is 39.9 Å². The van der Waals surface area contributed by atoms with Crippen molar-refractivity contribution < 1.29 is 28.5 Å². The van der Waals surface area contributed by atoms with Crippen molar-refractivity contribution in [3.63, 3.8) is 0 Å². The van der Waals surface area contributed by atoms with Crippen LogP contribution >= 0.6 is 23.2 Å². The molecular weight excluding hydrogens is 395 g/mol. The van der Waals surface area contributed by atoms with Gasteiger partial charge in [-0.2, -0.15) is 0 Å². The van der Waals surface area contributed by atoms with Crippen LogP contribution in [-0.4, -0.2) is 42.6 Å². The maximum atomic E-state index is 12.3. The van der Waals surface area contributed by atoms with Gasteiger partial charge in [0.2, 0.25) is 0 Å². The Morgan fingerprint density at radius 1 is 0.963 bits per heavy atom. The van der Waals surface area contributed by atoms with Gasteiger partial charge in [-0.05, 0) is 51.5 Å². The molecule has 1 aromatic rings. The van der Waals surface area contributed by atoms with Gasteiger partial charge in [-0.25, -0.2) is 9.59 Å². The lowest BCUT2D eigenvalue weighted by atomic mass is 10.2. The van der Waals surface area contributed by atoms with E-state index in [0.717, 1.165) is 5.56 Å². The monoisotopic (exact) mass is 416 g/mol. The number of carbonyl (C=O) groups is 2. The first-order valence-electron chi connectivity index (χ1n) is 8.52. The average molecular weight is 417 g/mol. The third kappa shape index (κ3) is 6.21. The number of benzene rings is 1. The summed E-state index contributed by atoms with van der Waals surface area (Å²) in [7, 11) is 0. The minimum Gasteiger partial charge on any atom is -0.461 e. The van der Waals surface area contributed by atoms with Crippen LogP contribution in [0.15, 0.2) is 24.3 Å². The normalized spacial score (nSPS) is 22.6. The molecule has 2 rings (SSSR count). The Bertz CT molecular complexity index is 686. The second kappa shape index (κ2) is 9.55. The van der Waals surface area contributed by atoms with Gasteiger partial charge in [-0.3, -0.25) is 0 Å². The zero-order chi connectivity index (χ0) is 20.1. The van der Waals surface area contributed by atoms with Crippen molar-refractivity contribution in [2.75, 3.05) is 0 Å². The summed E-state index contributed by atoms with van der Waals surface area (Å²) in [5.41, 5.74) is 0.756. The number of halogens is 2. The van der Waals surface area contributed by atoms with E-state index in [2.05, 4.69) is 0 Å². The van der Waals surface area contributed by atoms with Crippen molar-refractivity contribution in [2.24, 2.45) is 0 Å². The lowest BCUT2D eigenvalue weighted by Crippen LogP contribution is -2.40. The summed E-state index contributed by atoms with van der Waals surface area (Å²) < 4.78 is 21.4. The number of ether oxygens (including phenoxy) is 4. The highest BCUT2D eigenvalue weighted by Gasteiger charge is 2.46. The number of rotatable bonds is 6. The van der Waals surface area contributed by atoms with Gasteiger partial charge in [0.15, 0.2) is 18.5 Å². The van der Waals surface area contributed by atoms with E-state index in [-0.39, 0.29) is 12.2 Å². The standard InChI is InChI=1S/C19H22Cl2O6/c1-10(2)24-18(22)16-17(19(23)25-11(3)4)27-15(26-16)8-6-12-5-7-13(20)14(21)9-12/h5-11,15-17H,1-4H3/b8-6+. The highest BCUT2D eigenvalue weighted by molar-refractivity contribution is 6.42. The topological polar surface area (TPSA) is 71.1 Å². The van der Waals surface area contributed by atoms with Gasteiger partial charge < -0.3 is 18.9 Å². The Morgan fingerprint density at radius 3 is 1.93 bits per heavy atom. The zero-order valence-electron chi connectivity index (χ0n) is 15.5. The fraction of sp³-hybridized carbons (Fsp3) is 0.474. The largest absolute Gasteiger partial charge is 0.461 e. The van der Waals surface area contributed by atoms with Crippen LogP contribution in [0.1, 0.15) is 33.3 Å². The molecule has 1 heterocycles. The van der Waals surface area contributed by atoms with Crippen LogP contribution in [0.2, 0.25) is 10.0 Å². The lowest BCUT2D eigenvalue weighted by molar-refractivity contribution is -0.167. The quantitative estimate of drug-likeness (QED) is 0.652. The van der Waals surface area contributed by atoms with Crippen LogP contribution < -0.4 is 0 Å². The molecule has 8 heteroatoms. The molecule has 0 aliphatic carbocycles. The van der Waals surface area contributed by atoms with Crippen LogP contribution in [-0.2, 0) is 28.5 Å². The highest BCUT2D eigenvalue weighted by Crippen LogP contribution is 2.26. The molecule has 0 saturated carbocycles.